The molecule has 0 saturated carbocycles. The number of hydrogen-bond donors (Lipinski definition) is 1. The van der Waals surface area contributed by atoms with Crippen molar-refractivity contribution in [3.63, 3.8) is 0 Å². The minimum absolute atomic E-state index is 0.0852. The molecule has 13 heteroatoms. The van der Waals surface area contributed by atoms with Crippen LogP contribution in [0, 0.1) is 0 Å². The van der Waals surface area contributed by atoms with Gasteiger partial charge in [-0.1, -0.05) is 30.7 Å². The smallest absolute Gasteiger partial charge is 0.417 e. The maximum atomic E-state index is 13.7. The summed E-state index contributed by atoms with van der Waals surface area (Å²) in [6, 6.07) is 8.35. The maximum Gasteiger partial charge on any atom is 0.417 e. The zero-order valence-electron chi connectivity index (χ0n) is 22.6. The lowest BCUT2D eigenvalue weighted by Crippen LogP contribution is -2.55. The number of carbonyl (C=O) groups is 2. The molecule has 0 spiro atoms. The summed E-state index contributed by atoms with van der Waals surface area (Å²) < 4.78 is 71.6. The van der Waals surface area contributed by atoms with Gasteiger partial charge in [-0.05, 0) is 63.1 Å². The van der Waals surface area contributed by atoms with Crippen LogP contribution in [0.4, 0.5) is 18.9 Å². The molecule has 0 aliphatic heterocycles. The Hall–Kier alpha value is -2.99. The molecule has 2 aromatic carbocycles. The van der Waals surface area contributed by atoms with Crippen molar-refractivity contribution in [2.45, 2.75) is 58.4 Å². The second-order valence-corrected chi connectivity index (χ2v) is 12.3. The van der Waals surface area contributed by atoms with Crippen LogP contribution in [-0.4, -0.2) is 56.6 Å². The highest BCUT2D eigenvalue weighted by Crippen LogP contribution is 2.37. The van der Waals surface area contributed by atoms with Crippen molar-refractivity contribution in [1.82, 2.24) is 10.2 Å². The highest BCUT2D eigenvalue weighted by atomic mass is 35.5. The number of hydrogen-bond acceptors (Lipinski definition) is 5. The summed E-state index contributed by atoms with van der Waals surface area (Å²) in [5.41, 5.74) is -1.66. The Morgan fingerprint density at radius 2 is 1.74 bits per heavy atom. The molecule has 2 amide bonds. The number of halogens is 4. The zero-order chi connectivity index (χ0) is 29.8. The number of sulfonamides is 1. The second-order valence-electron chi connectivity index (χ2n) is 9.97. The highest BCUT2D eigenvalue weighted by molar-refractivity contribution is 7.92. The van der Waals surface area contributed by atoms with Gasteiger partial charge in [0.15, 0.2) is 0 Å². The lowest BCUT2D eigenvalue weighted by molar-refractivity contribution is -0.141. The third kappa shape index (κ3) is 9.03. The third-order valence-electron chi connectivity index (χ3n) is 5.59. The van der Waals surface area contributed by atoms with Gasteiger partial charge in [-0.15, -0.1) is 0 Å². The summed E-state index contributed by atoms with van der Waals surface area (Å²) in [6.45, 7) is 6.09. The van der Waals surface area contributed by atoms with Crippen LogP contribution in [-0.2, 0) is 32.3 Å². The number of anilines is 1. The van der Waals surface area contributed by atoms with E-state index in [1.54, 1.807) is 52.0 Å². The van der Waals surface area contributed by atoms with Crippen LogP contribution < -0.4 is 14.4 Å². The summed E-state index contributed by atoms with van der Waals surface area (Å²) >= 11 is 5.70. The predicted octanol–water partition coefficient (Wildman–Crippen LogP) is 4.86. The molecule has 39 heavy (non-hydrogen) atoms. The van der Waals surface area contributed by atoms with Crippen molar-refractivity contribution in [3.8, 4) is 5.75 Å². The van der Waals surface area contributed by atoms with Gasteiger partial charge >= 0.3 is 6.18 Å². The van der Waals surface area contributed by atoms with Gasteiger partial charge in [0.1, 0.15) is 18.3 Å². The number of carbonyl (C=O) groups excluding carboxylic acids is 2. The molecule has 0 bridgehead atoms. The monoisotopic (exact) mass is 591 g/mol. The molecule has 0 radical (unpaired) electrons. The Bertz CT molecular complexity index is 1300. The van der Waals surface area contributed by atoms with E-state index in [9.17, 15) is 31.2 Å². The van der Waals surface area contributed by atoms with E-state index in [2.05, 4.69) is 5.32 Å². The van der Waals surface area contributed by atoms with E-state index in [-0.39, 0.29) is 13.0 Å². The summed E-state index contributed by atoms with van der Waals surface area (Å²) in [6.07, 6.45) is -3.88. The van der Waals surface area contributed by atoms with Gasteiger partial charge < -0.3 is 15.0 Å². The Labute approximate surface area is 232 Å². The summed E-state index contributed by atoms with van der Waals surface area (Å²) in [4.78, 5) is 28.1. The Morgan fingerprint density at radius 1 is 1.10 bits per heavy atom. The number of benzene rings is 2. The fourth-order valence-electron chi connectivity index (χ4n) is 3.84. The molecule has 0 saturated heterocycles. The van der Waals surface area contributed by atoms with Crippen molar-refractivity contribution < 1.29 is 35.9 Å². The highest BCUT2D eigenvalue weighted by Gasteiger charge is 2.36. The van der Waals surface area contributed by atoms with E-state index in [1.165, 1.54) is 12.0 Å². The first-order valence-corrected chi connectivity index (χ1v) is 14.2. The Kier molecular flexibility index (Phi) is 10.3. The van der Waals surface area contributed by atoms with E-state index in [4.69, 9.17) is 16.3 Å². The molecule has 8 nitrogen and oxygen atoms in total. The number of nitrogens with zero attached hydrogens (tertiary/aromatic N) is 2. The first kappa shape index (κ1) is 32.2. The predicted molar refractivity (Wildman–Crippen MR) is 144 cm³/mol. The molecule has 0 fully saturated rings. The SMILES string of the molecule is CCC(C(=O)NC(C)(C)C)N(Cc1cccc(OC)c1)C(=O)CN(c1ccc(Cl)c(C(F)(F)F)c1)S(C)(=O)=O. The summed E-state index contributed by atoms with van der Waals surface area (Å²) in [5.74, 6) is -0.744. The summed E-state index contributed by atoms with van der Waals surface area (Å²) in [7, 11) is -2.76. The van der Waals surface area contributed by atoms with E-state index in [1.807, 2.05) is 0 Å². The first-order valence-electron chi connectivity index (χ1n) is 12.0. The quantitative estimate of drug-likeness (QED) is 0.426. The van der Waals surface area contributed by atoms with E-state index >= 15 is 0 Å². The van der Waals surface area contributed by atoms with Crippen molar-refractivity contribution in [1.29, 1.82) is 0 Å². The largest absolute Gasteiger partial charge is 0.497 e. The number of methoxy groups -OCH3 is 1. The van der Waals surface area contributed by atoms with E-state index in [0.717, 1.165) is 18.4 Å². The summed E-state index contributed by atoms with van der Waals surface area (Å²) in [5, 5.41) is 2.22. The standard InChI is InChI=1S/C26H33ClF3N3O5S/c1-7-22(24(35)31-25(2,3)4)32(15-17-9-8-10-19(13-17)38-5)23(34)16-33(39(6,36)37)18-11-12-21(27)20(14-18)26(28,29)30/h8-14,22H,7,15-16H2,1-6H3,(H,31,35). The number of rotatable bonds is 10. The number of ether oxygens (including phenoxy) is 1. The van der Waals surface area contributed by atoms with Gasteiger partial charge in [0.05, 0.1) is 29.6 Å². The van der Waals surface area contributed by atoms with Crippen LogP contribution in [0.25, 0.3) is 0 Å². The van der Waals surface area contributed by atoms with Crippen LogP contribution in [0.1, 0.15) is 45.2 Å². The molecule has 0 heterocycles. The van der Waals surface area contributed by atoms with Gasteiger partial charge in [-0.25, -0.2) is 8.42 Å². The number of nitrogens with one attached hydrogen (secondary N) is 1. The Morgan fingerprint density at radius 3 is 2.26 bits per heavy atom. The average Bonchev–Trinajstić information content (AvgIpc) is 2.80. The van der Waals surface area contributed by atoms with Crippen LogP contribution in [0.3, 0.4) is 0 Å². The van der Waals surface area contributed by atoms with Crippen LogP contribution in [0.5, 0.6) is 5.75 Å². The normalized spacial score (nSPS) is 13.0. The lowest BCUT2D eigenvalue weighted by atomic mass is 10.1. The van der Waals surface area contributed by atoms with Crippen molar-refractivity contribution in [2.24, 2.45) is 0 Å². The maximum absolute atomic E-state index is 13.7. The molecule has 0 aromatic heterocycles. The van der Waals surface area contributed by atoms with Gasteiger partial charge in [-0.3, -0.25) is 13.9 Å². The van der Waals surface area contributed by atoms with Crippen LogP contribution in [0.15, 0.2) is 42.5 Å². The van der Waals surface area contributed by atoms with Crippen molar-refractivity contribution >= 4 is 39.1 Å². The topological polar surface area (TPSA) is 96.0 Å². The van der Waals surface area contributed by atoms with Crippen molar-refractivity contribution in [2.75, 3.05) is 24.2 Å². The molecule has 2 rings (SSSR count). The Balaban J connectivity index is 2.56. The molecule has 2 aromatic rings. The molecule has 1 N–H and O–H groups in total. The van der Waals surface area contributed by atoms with E-state index < -0.39 is 62.4 Å². The van der Waals surface area contributed by atoms with Gasteiger partial charge in [0.2, 0.25) is 21.8 Å². The molecule has 0 aliphatic carbocycles. The van der Waals surface area contributed by atoms with Crippen LogP contribution >= 0.6 is 11.6 Å². The zero-order valence-corrected chi connectivity index (χ0v) is 24.2. The van der Waals surface area contributed by atoms with E-state index in [0.29, 0.717) is 21.7 Å². The number of amides is 2. The molecular weight excluding hydrogens is 559 g/mol. The van der Waals surface area contributed by atoms with Crippen molar-refractivity contribution in [3.05, 3.63) is 58.6 Å². The fourth-order valence-corrected chi connectivity index (χ4v) is 4.91. The van der Waals surface area contributed by atoms with Crippen LogP contribution in [0.2, 0.25) is 5.02 Å². The minimum Gasteiger partial charge on any atom is -0.497 e. The molecule has 1 atom stereocenters. The molecule has 216 valence electrons. The number of alkyl halides is 3. The molecular formula is C26H33ClF3N3O5S. The van der Waals surface area contributed by atoms with Gasteiger partial charge in [0.25, 0.3) is 0 Å². The molecule has 0 aliphatic rings. The third-order valence-corrected chi connectivity index (χ3v) is 7.06. The average molecular weight is 592 g/mol. The molecule has 1 unspecified atom stereocenters. The first-order chi connectivity index (χ1) is 17.9. The lowest BCUT2D eigenvalue weighted by Gasteiger charge is -2.34. The second kappa shape index (κ2) is 12.5. The van der Waals surface area contributed by atoms with Gasteiger partial charge in [-0.2, -0.15) is 13.2 Å². The fraction of sp³-hybridized carbons (Fsp3) is 0.462. The minimum atomic E-state index is -4.85. The van der Waals surface area contributed by atoms with Gasteiger partial charge in [0, 0.05) is 12.1 Å².